The van der Waals surface area contributed by atoms with Crippen molar-refractivity contribution in [1.82, 2.24) is 0 Å². The Morgan fingerprint density at radius 1 is 1.07 bits per heavy atom. The van der Waals surface area contributed by atoms with E-state index in [0.29, 0.717) is 34.0 Å². The highest BCUT2D eigenvalue weighted by atomic mass is 32.1. The van der Waals surface area contributed by atoms with Crippen LogP contribution < -0.4 is 0 Å². The maximum atomic E-state index is 13.3. The van der Waals surface area contributed by atoms with Crippen LogP contribution in [-0.2, 0) is 19.9 Å². The molecule has 0 aromatic carbocycles. The van der Waals surface area contributed by atoms with Crippen LogP contribution in [0.2, 0.25) is 0 Å². The van der Waals surface area contributed by atoms with Gasteiger partial charge in [0.1, 0.15) is 6.10 Å². The van der Waals surface area contributed by atoms with Gasteiger partial charge >= 0.3 is 5.97 Å². The quantitative estimate of drug-likeness (QED) is 0.469. The minimum Gasteiger partial charge on any atom is -0.459 e. The molecule has 150 valence electrons. The normalized spacial score (nSPS) is 33.6. The van der Waals surface area contributed by atoms with E-state index >= 15 is 0 Å². The first kappa shape index (κ1) is 18.8. The molecule has 5 atom stereocenters. The van der Waals surface area contributed by atoms with Crippen LogP contribution >= 0.6 is 22.7 Å². The van der Waals surface area contributed by atoms with Crippen LogP contribution in [0.4, 0.5) is 0 Å². The summed E-state index contributed by atoms with van der Waals surface area (Å²) in [6.45, 7) is 0. The molecule has 3 fully saturated rings. The second-order valence-electron chi connectivity index (χ2n) is 8.78. The van der Waals surface area contributed by atoms with E-state index in [9.17, 15) is 9.90 Å². The predicted molar refractivity (Wildman–Crippen MR) is 108 cm³/mol. The molecule has 0 amide bonds. The largest absolute Gasteiger partial charge is 0.459 e. The van der Waals surface area contributed by atoms with Crippen LogP contribution in [0, 0.1) is 0 Å². The molecule has 3 aliphatic rings. The van der Waals surface area contributed by atoms with Gasteiger partial charge in [0.25, 0.3) is 0 Å². The zero-order valence-electron chi connectivity index (χ0n) is 16.1. The molecule has 0 aliphatic carbocycles. The van der Waals surface area contributed by atoms with Gasteiger partial charge in [0.2, 0.25) is 5.60 Å². The van der Waals surface area contributed by atoms with Gasteiger partial charge in [-0.05, 0) is 22.9 Å². The van der Waals surface area contributed by atoms with Crippen molar-refractivity contribution < 1.29 is 23.9 Å². The summed E-state index contributed by atoms with van der Waals surface area (Å²) in [6.07, 6.45) is 4.33. The first-order valence-corrected chi connectivity index (χ1v) is 11.6. The second-order valence-corrected chi connectivity index (χ2v) is 10.7. The molecule has 2 aromatic heterocycles. The number of epoxide rings is 1. The van der Waals surface area contributed by atoms with Crippen molar-refractivity contribution in [2.45, 2.75) is 61.7 Å². The van der Waals surface area contributed by atoms with Gasteiger partial charge in [-0.1, -0.05) is 12.1 Å². The maximum absolute atomic E-state index is 13.3. The average molecular weight is 421 g/mol. The molecular weight excluding hydrogens is 394 g/mol. The Morgan fingerprint density at radius 3 is 2.07 bits per heavy atom. The van der Waals surface area contributed by atoms with Crippen LogP contribution in [0.15, 0.2) is 35.0 Å². The molecule has 5 rings (SSSR count). The average Bonchev–Trinajstić information content (AvgIpc) is 3.13. The lowest BCUT2D eigenvalue weighted by Crippen LogP contribution is -2.61. The first-order valence-electron chi connectivity index (χ1n) is 9.89. The van der Waals surface area contributed by atoms with Gasteiger partial charge in [-0.15, -0.1) is 22.7 Å². The van der Waals surface area contributed by atoms with Gasteiger partial charge < -0.3 is 19.1 Å². The molecule has 1 N–H and O–H groups in total. The molecule has 5 heterocycles. The van der Waals surface area contributed by atoms with Crippen molar-refractivity contribution in [2.75, 3.05) is 14.1 Å². The van der Waals surface area contributed by atoms with E-state index in [1.807, 2.05) is 22.9 Å². The van der Waals surface area contributed by atoms with Gasteiger partial charge in [0.05, 0.1) is 48.1 Å². The number of ether oxygens (including phenoxy) is 2. The maximum Gasteiger partial charge on any atom is 0.349 e. The minimum absolute atomic E-state index is 0.155. The summed E-state index contributed by atoms with van der Waals surface area (Å²) in [5.74, 6) is -0.548. The number of hydrogen-bond acceptors (Lipinski definition) is 6. The molecule has 2 bridgehead atoms. The Kier molecular flexibility index (Phi) is 4.45. The Hall–Kier alpha value is -1.25. The number of carbonyl (C=O) groups excluding carboxylic acids is 1. The number of rotatable bonds is 4. The lowest BCUT2D eigenvalue weighted by atomic mass is 9.89. The number of aliphatic hydroxyl groups is 1. The molecule has 7 heteroatoms. The predicted octanol–water partition coefficient (Wildman–Crippen LogP) is 3.13. The minimum atomic E-state index is -1.72. The SMILES string of the molecule is C[N+]1(C)[C@@H]2CC(OC(=O)C(O)(c3cccs3)c3cccs3)C[C@H]1C[C@H]1O[C@H]1C2. The molecule has 3 aliphatic heterocycles. The highest BCUT2D eigenvalue weighted by Crippen LogP contribution is 2.45. The van der Waals surface area contributed by atoms with Crippen LogP contribution in [0.5, 0.6) is 0 Å². The fourth-order valence-electron chi connectivity index (χ4n) is 5.03. The monoisotopic (exact) mass is 420 g/mol. The van der Waals surface area contributed by atoms with Crippen molar-refractivity contribution >= 4 is 28.6 Å². The first-order chi connectivity index (χ1) is 13.4. The fourth-order valence-corrected chi connectivity index (χ4v) is 6.75. The molecule has 0 spiro atoms. The van der Waals surface area contributed by atoms with E-state index < -0.39 is 11.6 Å². The van der Waals surface area contributed by atoms with Gasteiger partial charge in [0.15, 0.2) is 0 Å². The summed E-state index contributed by atoms with van der Waals surface area (Å²) < 4.78 is 12.8. The topological polar surface area (TPSA) is 59.1 Å². The van der Waals surface area contributed by atoms with E-state index in [4.69, 9.17) is 9.47 Å². The lowest BCUT2D eigenvalue weighted by molar-refractivity contribution is -0.945. The zero-order chi connectivity index (χ0) is 19.5. The number of thiophene rings is 2. The van der Waals surface area contributed by atoms with Crippen molar-refractivity contribution in [3.63, 3.8) is 0 Å². The van der Waals surface area contributed by atoms with Crippen LogP contribution in [-0.4, -0.2) is 60.0 Å². The number of piperidine rings is 1. The Labute approximate surface area is 173 Å². The highest BCUT2D eigenvalue weighted by Gasteiger charge is 2.56. The second kappa shape index (κ2) is 6.64. The molecule has 0 radical (unpaired) electrons. The number of fused-ring (bicyclic) bond motifs is 3. The van der Waals surface area contributed by atoms with Gasteiger partial charge in [-0.2, -0.15) is 0 Å². The van der Waals surface area contributed by atoms with Gasteiger partial charge in [0, 0.05) is 25.7 Å². The molecular formula is C21H26NO4S2+. The van der Waals surface area contributed by atoms with Crippen molar-refractivity contribution in [3.8, 4) is 0 Å². The lowest BCUT2D eigenvalue weighted by Gasteiger charge is -2.49. The smallest absolute Gasteiger partial charge is 0.349 e. The highest BCUT2D eigenvalue weighted by molar-refractivity contribution is 7.12. The number of carbonyl (C=O) groups is 1. The number of nitrogens with zero attached hydrogens (tertiary/aromatic N) is 1. The van der Waals surface area contributed by atoms with Crippen molar-refractivity contribution in [2.24, 2.45) is 0 Å². The van der Waals surface area contributed by atoms with E-state index in [-0.39, 0.29) is 6.10 Å². The number of hydrogen-bond donors (Lipinski definition) is 1. The molecule has 2 aromatic rings. The summed E-state index contributed by atoms with van der Waals surface area (Å²) in [5.41, 5.74) is -1.72. The third kappa shape index (κ3) is 2.95. The summed E-state index contributed by atoms with van der Waals surface area (Å²) in [5, 5.41) is 15.2. The number of esters is 1. The molecule has 5 nitrogen and oxygen atoms in total. The molecule has 1 unspecified atom stereocenters. The van der Waals surface area contributed by atoms with E-state index in [1.54, 1.807) is 12.1 Å². The Balaban J connectivity index is 1.39. The van der Waals surface area contributed by atoms with Crippen LogP contribution in [0.3, 0.4) is 0 Å². The van der Waals surface area contributed by atoms with Crippen LogP contribution in [0.1, 0.15) is 35.4 Å². The fraction of sp³-hybridized carbons (Fsp3) is 0.571. The van der Waals surface area contributed by atoms with E-state index in [1.165, 1.54) is 22.7 Å². The Morgan fingerprint density at radius 2 is 1.61 bits per heavy atom. The summed E-state index contributed by atoms with van der Waals surface area (Å²) in [7, 11) is 4.59. The molecule has 28 heavy (non-hydrogen) atoms. The van der Waals surface area contributed by atoms with Crippen molar-refractivity contribution in [3.05, 3.63) is 44.8 Å². The summed E-state index contributed by atoms with van der Waals surface area (Å²) >= 11 is 2.76. The standard InChI is InChI=1S/C21H26NO4S2/c1-22(2)13-9-15(10-14(22)12-17-16(11-13)26-17)25-20(23)21(24,18-5-3-7-27-18)19-6-4-8-28-19/h3-8,13-17,24H,9-12H2,1-2H3/q+1/t13-,14+,15?,16+,17-. The molecule has 3 saturated heterocycles. The summed E-state index contributed by atoms with van der Waals surface area (Å²) in [6, 6.07) is 8.16. The van der Waals surface area contributed by atoms with E-state index in [0.717, 1.165) is 30.2 Å². The third-order valence-electron chi connectivity index (χ3n) is 6.97. The zero-order valence-corrected chi connectivity index (χ0v) is 17.7. The van der Waals surface area contributed by atoms with Gasteiger partial charge in [-0.3, -0.25) is 0 Å². The molecule has 0 saturated carbocycles. The van der Waals surface area contributed by atoms with Crippen molar-refractivity contribution in [1.29, 1.82) is 0 Å². The van der Waals surface area contributed by atoms with Gasteiger partial charge in [-0.25, -0.2) is 4.79 Å². The van der Waals surface area contributed by atoms with E-state index in [2.05, 4.69) is 14.1 Å². The Bertz CT molecular complexity index is 792. The third-order valence-corrected chi connectivity index (χ3v) is 8.93. The van der Waals surface area contributed by atoms with Crippen LogP contribution in [0.25, 0.3) is 0 Å². The summed E-state index contributed by atoms with van der Waals surface area (Å²) in [4.78, 5) is 14.5. The number of quaternary nitrogens is 1.